The quantitative estimate of drug-likeness (QED) is 0.725. The van der Waals surface area contributed by atoms with Gasteiger partial charge in [-0.05, 0) is 24.6 Å². The summed E-state index contributed by atoms with van der Waals surface area (Å²) in [5.74, 6) is -0.519. The molecule has 0 bridgehead atoms. The second-order valence-electron chi connectivity index (χ2n) is 5.32. The number of hydrogen-bond acceptors (Lipinski definition) is 5. The van der Waals surface area contributed by atoms with E-state index in [-0.39, 0.29) is 22.4 Å². The Kier molecular flexibility index (Phi) is 4.48. The van der Waals surface area contributed by atoms with Gasteiger partial charge in [0.2, 0.25) is 0 Å². The molecule has 2 heterocycles. The zero-order chi connectivity index (χ0) is 18.2. The van der Waals surface area contributed by atoms with Gasteiger partial charge in [0.05, 0.1) is 18.4 Å². The highest BCUT2D eigenvalue weighted by Gasteiger charge is 2.21. The highest BCUT2D eigenvalue weighted by Crippen LogP contribution is 2.19. The Morgan fingerprint density at radius 2 is 2.12 bits per heavy atom. The molecule has 0 fully saturated rings. The lowest BCUT2D eigenvalue weighted by Gasteiger charge is -2.05. The Balaban J connectivity index is 1.78. The molecule has 0 aliphatic heterocycles. The third-order valence-corrected chi connectivity index (χ3v) is 5.37. The van der Waals surface area contributed by atoms with E-state index < -0.39 is 15.8 Å². The van der Waals surface area contributed by atoms with Crippen LogP contribution < -0.4 is 4.72 Å². The largest absolute Gasteiger partial charge is 0.272 e. The summed E-state index contributed by atoms with van der Waals surface area (Å²) in [6.45, 7) is 1.86. The average molecular weight is 385 g/mol. The van der Waals surface area contributed by atoms with Crippen molar-refractivity contribution in [2.75, 3.05) is 4.72 Å². The van der Waals surface area contributed by atoms with Crippen molar-refractivity contribution in [3.8, 4) is 0 Å². The Morgan fingerprint density at radius 3 is 2.76 bits per heavy atom. The molecule has 0 saturated carbocycles. The van der Waals surface area contributed by atoms with Crippen molar-refractivity contribution in [2.45, 2.75) is 18.4 Å². The summed E-state index contributed by atoms with van der Waals surface area (Å²) in [6.07, 6.45) is 2.61. The lowest BCUT2D eigenvalue weighted by molar-refractivity contribution is 0.599. The number of halogens is 2. The molecule has 132 valence electrons. The molecule has 11 heteroatoms. The first-order valence-corrected chi connectivity index (χ1v) is 8.97. The van der Waals surface area contributed by atoms with E-state index in [1.54, 1.807) is 14.0 Å². The molecular formula is C14H14ClFN6O2S. The number of aromatic nitrogens is 5. The van der Waals surface area contributed by atoms with Gasteiger partial charge in [0.25, 0.3) is 16.0 Å². The van der Waals surface area contributed by atoms with Crippen LogP contribution in [0.15, 0.2) is 35.6 Å². The molecule has 2 aromatic heterocycles. The van der Waals surface area contributed by atoms with Crippen molar-refractivity contribution in [1.29, 1.82) is 0 Å². The summed E-state index contributed by atoms with van der Waals surface area (Å²) in [7, 11) is -2.20. The Labute approximate surface area is 148 Å². The van der Waals surface area contributed by atoms with Crippen LogP contribution in [-0.4, -0.2) is 33.0 Å². The first-order chi connectivity index (χ1) is 11.8. The summed E-state index contributed by atoms with van der Waals surface area (Å²) in [6, 6.07) is 4.01. The van der Waals surface area contributed by atoms with Crippen molar-refractivity contribution in [1.82, 2.24) is 24.5 Å². The van der Waals surface area contributed by atoms with Gasteiger partial charge >= 0.3 is 0 Å². The molecule has 0 atom stereocenters. The predicted molar refractivity (Wildman–Crippen MR) is 89.3 cm³/mol. The zero-order valence-corrected chi connectivity index (χ0v) is 14.9. The third kappa shape index (κ3) is 3.64. The van der Waals surface area contributed by atoms with E-state index in [2.05, 4.69) is 19.9 Å². The lowest BCUT2D eigenvalue weighted by atomic mass is 10.2. The van der Waals surface area contributed by atoms with Crippen LogP contribution in [0, 0.1) is 12.7 Å². The van der Waals surface area contributed by atoms with E-state index in [0.29, 0.717) is 11.3 Å². The molecule has 3 aromatic rings. The van der Waals surface area contributed by atoms with Gasteiger partial charge in [-0.25, -0.2) is 22.2 Å². The number of hydrogen-bond donors (Lipinski definition) is 1. The van der Waals surface area contributed by atoms with E-state index in [4.69, 9.17) is 11.6 Å². The van der Waals surface area contributed by atoms with Gasteiger partial charge in [-0.3, -0.25) is 4.68 Å². The molecule has 0 spiro atoms. The molecule has 0 amide bonds. The molecule has 3 rings (SSSR count). The number of nitrogens with one attached hydrogen (secondary N) is 1. The fraction of sp³-hybridized carbons (Fsp3) is 0.214. The molecule has 0 saturated heterocycles. The van der Waals surface area contributed by atoms with Crippen molar-refractivity contribution in [3.05, 3.63) is 52.8 Å². The number of aryl methyl sites for hydroxylation is 1. The number of nitrogens with zero attached hydrogens (tertiary/aromatic N) is 5. The number of anilines is 1. The average Bonchev–Trinajstić information content (AvgIpc) is 3.09. The van der Waals surface area contributed by atoms with Gasteiger partial charge < -0.3 is 0 Å². The maximum absolute atomic E-state index is 13.1. The summed E-state index contributed by atoms with van der Waals surface area (Å²) >= 11 is 5.97. The molecular weight excluding hydrogens is 371 g/mol. The van der Waals surface area contributed by atoms with Gasteiger partial charge in [0.1, 0.15) is 17.0 Å². The normalized spacial score (nSPS) is 11.7. The van der Waals surface area contributed by atoms with Crippen LogP contribution in [0.25, 0.3) is 0 Å². The molecule has 8 nitrogen and oxygen atoms in total. The maximum atomic E-state index is 13.1. The van der Waals surface area contributed by atoms with Crippen LogP contribution in [0.5, 0.6) is 0 Å². The Hall–Kier alpha value is -2.46. The lowest BCUT2D eigenvalue weighted by Crippen LogP contribution is -2.15. The van der Waals surface area contributed by atoms with E-state index in [1.165, 1.54) is 40.1 Å². The number of sulfonamides is 1. The molecule has 0 unspecified atom stereocenters. The summed E-state index contributed by atoms with van der Waals surface area (Å²) in [4.78, 5) is 3.97. The van der Waals surface area contributed by atoms with Gasteiger partial charge in [-0.1, -0.05) is 17.7 Å². The SMILES string of the molecule is Cc1c(S(=O)(=O)Nc2ncn(Cc3ccc(F)cc3Cl)n2)cnn1C. The first-order valence-electron chi connectivity index (χ1n) is 7.11. The predicted octanol–water partition coefficient (Wildman–Crippen LogP) is 1.96. The van der Waals surface area contributed by atoms with E-state index in [1.807, 2.05) is 0 Å². The van der Waals surface area contributed by atoms with E-state index >= 15 is 0 Å². The molecule has 1 N–H and O–H groups in total. The number of benzene rings is 1. The fourth-order valence-electron chi connectivity index (χ4n) is 2.16. The van der Waals surface area contributed by atoms with Gasteiger partial charge in [-0.2, -0.15) is 10.1 Å². The van der Waals surface area contributed by atoms with Crippen molar-refractivity contribution >= 4 is 27.6 Å². The number of rotatable bonds is 5. The maximum Gasteiger partial charge on any atom is 0.267 e. The van der Waals surface area contributed by atoms with Crippen LogP contribution in [0.1, 0.15) is 11.3 Å². The molecule has 25 heavy (non-hydrogen) atoms. The molecule has 0 aliphatic rings. The highest BCUT2D eigenvalue weighted by atomic mass is 35.5. The second-order valence-corrected chi connectivity index (χ2v) is 7.38. The van der Waals surface area contributed by atoms with Gasteiger partial charge in [0.15, 0.2) is 0 Å². The van der Waals surface area contributed by atoms with Gasteiger partial charge in [-0.15, -0.1) is 5.10 Å². The Morgan fingerprint density at radius 1 is 1.36 bits per heavy atom. The standard InChI is InChI=1S/C14H14ClFN6O2S/c1-9-13(6-18-21(9)2)25(23,24)20-14-17-8-22(19-14)7-10-3-4-11(16)5-12(10)15/h3-6,8H,7H2,1-2H3,(H,19,20). The van der Waals surface area contributed by atoms with E-state index in [9.17, 15) is 12.8 Å². The van der Waals surface area contributed by atoms with Gasteiger partial charge in [0, 0.05) is 12.1 Å². The minimum Gasteiger partial charge on any atom is -0.272 e. The van der Waals surface area contributed by atoms with Crippen molar-refractivity contribution < 1.29 is 12.8 Å². The van der Waals surface area contributed by atoms with Crippen molar-refractivity contribution in [3.63, 3.8) is 0 Å². The topological polar surface area (TPSA) is 94.7 Å². The summed E-state index contributed by atoms with van der Waals surface area (Å²) in [5, 5.41) is 8.21. The fourth-order valence-corrected chi connectivity index (χ4v) is 3.54. The van der Waals surface area contributed by atoms with E-state index in [0.717, 1.165) is 0 Å². The van der Waals surface area contributed by atoms with Crippen LogP contribution in [-0.2, 0) is 23.6 Å². The van der Waals surface area contributed by atoms with Crippen LogP contribution in [0.4, 0.5) is 10.3 Å². The summed E-state index contributed by atoms with van der Waals surface area (Å²) in [5.41, 5.74) is 1.12. The second kappa shape index (κ2) is 6.45. The molecule has 0 radical (unpaired) electrons. The molecule has 1 aromatic carbocycles. The Bertz CT molecular complexity index is 1030. The van der Waals surface area contributed by atoms with Crippen LogP contribution in [0.2, 0.25) is 5.02 Å². The third-order valence-electron chi connectivity index (χ3n) is 3.59. The van der Waals surface area contributed by atoms with Crippen LogP contribution in [0.3, 0.4) is 0 Å². The minimum atomic E-state index is -3.84. The highest BCUT2D eigenvalue weighted by molar-refractivity contribution is 7.92. The zero-order valence-electron chi connectivity index (χ0n) is 13.3. The smallest absolute Gasteiger partial charge is 0.267 e. The minimum absolute atomic E-state index is 0.0490. The first kappa shape index (κ1) is 17.4. The van der Waals surface area contributed by atoms with Crippen LogP contribution >= 0.6 is 11.6 Å². The summed E-state index contributed by atoms with van der Waals surface area (Å²) < 4.78 is 43.0. The molecule has 0 aliphatic carbocycles. The monoisotopic (exact) mass is 384 g/mol. The van der Waals surface area contributed by atoms with Crippen molar-refractivity contribution in [2.24, 2.45) is 7.05 Å².